The lowest BCUT2D eigenvalue weighted by atomic mass is 9.85. The number of fused-ring (bicyclic) bond motifs is 1. The molecule has 35 heavy (non-hydrogen) atoms. The normalized spacial score (nSPS) is 15.6. The van der Waals surface area contributed by atoms with Crippen molar-refractivity contribution >= 4 is 22.7 Å². The summed E-state index contributed by atoms with van der Waals surface area (Å²) in [5.74, 6) is -0.538. The van der Waals surface area contributed by atoms with Crippen LogP contribution in [0, 0.1) is 16.7 Å². The summed E-state index contributed by atoms with van der Waals surface area (Å²) < 4.78 is 1.77. The van der Waals surface area contributed by atoms with Gasteiger partial charge in [0.25, 0.3) is 5.91 Å². The van der Waals surface area contributed by atoms with E-state index >= 15 is 0 Å². The predicted molar refractivity (Wildman–Crippen MR) is 133 cm³/mol. The van der Waals surface area contributed by atoms with Gasteiger partial charge >= 0.3 is 0 Å². The van der Waals surface area contributed by atoms with Crippen LogP contribution in [0.25, 0.3) is 10.9 Å². The topological polar surface area (TPSA) is 111 Å². The first kappa shape index (κ1) is 24.4. The molecule has 0 spiro atoms. The number of aromatic nitrogens is 2. The van der Waals surface area contributed by atoms with E-state index in [1.165, 1.54) is 0 Å². The van der Waals surface area contributed by atoms with E-state index in [4.69, 9.17) is 5.26 Å². The number of nitrogens with one attached hydrogen (secondary N) is 1. The van der Waals surface area contributed by atoms with Crippen molar-refractivity contribution in [1.82, 2.24) is 20.0 Å². The van der Waals surface area contributed by atoms with Gasteiger partial charge in [0.05, 0.1) is 29.8 Å². The highest BCUT2D eigenvalue weighted by Crippen LogP contribution is 2.25. The third-order valence-electron chi connectivity index (χ3n) is 6.45. The van der Waals surface area contributed by atoms with Crippen molar-refractivity contribution in [2.24, 2.45) is 5.41 Å². The first-order chi connectivity index (χ1) is 16.7. The van der Waals surface area contributed by atoms with E-state index in [0.29, 0.717) is 43.4 Å². The van der Waals surface area contributed by atoms with Gasteiger partial charge in [-0.3, -0.25) is 14.3 Å². The highest BCUT2D eigenvalue weighted by molar-refractivity contribution is 6.06. The number of carbonyl (C=O) groups is 2. The van der Waals surface area contributed by atoms with Crippen LogP contribution in [0.5, 0.6) is 0 Å². The monoisotopic (exact) mass is 473 g/mol. The van der Waals surface area contributed by atoms with E-state index < -0.39 is 17.4 Å². The molecule has 1 aliphatic rings. The van der Waals surface area contributed by atoms with Crippen molar-refractivity contribution < 1.29 is 14.7 Å². The molecule has 3 aromatic rings. The number of nitrogens with zero attached hydrogens (tertiary/aromatic N) is 4. The van der Waals surface area contributed by atoms with E-state index in [1.807, 2.05) is 57.2 Å². The quantitative estimate of drug-likeness (QED) is 0.592. The Morgan fingerprint density at radius 3 is 2.43 bits per heavy atom. The van der Waals surface area contributed by atoms with Gasteiger partial charge in [-0.15, -0.1) is 0 Å². The van der Waals surface area contributed by atoms with E-state index in [2.05, 4.69) is 16.5 Å². The molecular formula is C27H31N5O3. The highest BCUT2D eigenvalue weighted by atomic mass is 16.3. The summed E-state index contributed by atoms with van der Waals surface area (Å²) in [6, 6.07) is 16.2. The van der Waals surface area contributed by atoms with Gasteiger partial charge in [0.15, 0.2) is 5.69 Å². The van der Waals surface area contributed by atoms with Gasteiger partial charge in [-0.05, 0) is 42.0 Å². The summed E-state index contributed by atoms with van der Waals surface area (Å²) >= 11 is 0. The van der Waals surface area contributed by atoms with Crippen LogP contribution in [0.2, 0.25) is 0 Å². The van der Waals surface area contributed by atoms with E-state index in [0.717, 1.165) is 11.1 Å². The van der Waals surface area contributed by atoms with Crippen molar-refractivity contribution in [1.29, 1.82) is 5.26 Å². The van der Waals surface area contributed by atoms with Crippen molar-refractivity contribution in [3.63, 3.8) is 0 Å². The number of para-hydroxylation sites is 1. The third kappa shape index (κ3) is 5.36. The number of carbonyl (C=O) groups excluding carboxylic acids is 2. The molecule has 0 bridgehead atoms. The Balaban J connectivity index is 1.60. The average molecular weight is 474 g/mol. The molecule has 4 rings (SSSR count). The van der Waals surface area contributed by atoms with E-state index in [9.17, 15) is 14.7 Å². The van der Waals surface area contributed by atoms with Gasteiger partial charge < -0.3 is 15.3 Å². The second-order valence-electron chi connectivity index (χ2n) is 10.2. The second kappa shape index (κ2) is 9.88. The molecule has 8 nitrogen and oxygen atoms in total. The predicted octanol–water partition coefficient (Wildman–Crippen LogP) is 3.08. The van der Waals surface area contributed by atoms with Gasteiger partial charge in [-0.25, -0.2) is 0 Å². The number of likely N-dealkylation sites (tertiary alicyclic amines) is 1. The summed E-state index contributed by atoms with van der Waals surface area (Å²) in [5.41, 5.74) is 2.11. The molecule has 1 aliphatic heterocycles. The lowest BCUT2D eigenvalue weighted by Gasteiger charge is -2.37. The van der Waals surface area contributed by atoms with Crippen molar-refractivity contribution in [2.45, 2.75) is 52.3 Å². The summed E-state index contributed by atoms with van der Waals surface area (Å²) in [5, 5.41) is 27.1. The maximum absolute atomic E-state index is 13.5. The number of hydrogen-bond donors (Lipinski definition) is 2. The molecule has 0 aliphatic carbocycles. The van der Waals surface area contributed by atoms with E-state index in [-0.39, 0.29) is 17.7 Å². The van der Waals surface area contributed by atoms with Crippen LogP contribution >= 0.6 is 0 Å². The number of rotatable bonds is 5. The average Bonchev–Trinajstić information content (AvgIpc) is 3.21. The van der Waals surface area contributed by atoms with Crippen LogP contribution in [0.3, 0.4) is 0 Å². The minimum Gasteiger partial charge on any atom is -0.393 e. The number of aliphatic hydroxyl groups is 1. The standard InChI is InChI=1S/C27H31N5O3/c1-27(2,3)24(26(35)31-14-12-20(33)13-15-31)29-25(34)23-21-6-4-5-7-22(21)32(30-23)17-19-10-8-18(16-28)9-11-19/h4-11,20,24,33H,12-15,17H2,1-3H3,(H,29,34)/t24-/m1/s1. The molecule has 0 saturated carbocycles. The second-order valence-corrected chi connectivity index (χ2v) is 10.2. The van der Waals surface area contributed by atoms with Gasteiger partial charge in [-0.1, -0.05) is 51.1 Å². The molecule has 2 aromatic carbocycles. The Kier molecular flexibility index (Phi) is 6.90. The number of benzene rings is 2. The fourth-order valence-electron chi connectivity index (χ4n) is 4.39. The zero-order valence-electron chi connectivity index (χ0n) is 20.4. The lowest BCUT2D eigenvalue weighted by molar-refractivity contribution is -0.137. The maximum Gasteiger partial charge on any atom is 0.273 e. The highest BCUT2D eigenvalue weighted by Gasteiger charge is 2.37. The summed E-state index contributed by atoms with van der Waals surface area (Å²) in [4.78, 5) is 28.6. The van der Waals surface area contributed by atoms with E-state index in [1.54, 1.807) is 21.7 Å². The SMILES string of the molecule is CC(C)(C)[C@H](NC(=O)c1nn(Cc2ccc(C#N)cc2)c2ccccc12)C(=O)N1CCC(O)CC1. The first-order valence-corrected chi connectivity index (χ1v) is 11.9. The van der Waals surface area contributed by atoms with Crippen LogP contribution < -0.4 is 5.32 Å². The smallest absolute Gasteiger partial charge is 0.273 e. The lowest BCUT2D eigenvalue weighted by Crippen LogP contribution is -2.56. The summed E-state index contributed by atoms with van der Waals surface area (Å²) in [6.07, 6.45) is 0.704. The van der Waals surface area contributed by atoms with Gasteiger partial charge in [0, 0.05) is 18.5 Å². The zero-order chi connectivity index (χ0) is 25.2. The van der Waals surface area contributed by atoms with Crippen molar-refractivity contribution in [3.8, 4) is 6.07 Å². The summed E-state index contributed by atoms with van der Waals surface area (Å²) in [7, 11) is 0. The molecule has 0 unspecified atom stereocenters. The molecule has 0 radical (unpaired) electrons. The summed E-state index contributed by atoms with van der Waals surface area (Å²) in [6.45, 7) is 7.18. The van der Waals surface area contributed by atoms with Crippen LogP contribution in [0.4, 0.5) is 0 Å². The molecule has 2 N–H and O–H groups in total. The number of nitriles is 1. The Morgan fingerprint density at radius 2 is 1.80 bits per heavy atom. The first-order valence-electron chi connectivity index (χ1n) is 11.9. The molecule has 1 fully saturated rings. The molecule has 182 valence electrons. The minimum absolute atomic E-state index is 0.140. The molecule has 1 atom stereocenters. The Labute approximate surface area is 205 Å². The largest absolute Gasteiger partial charge is 0.393 e. The van der Waals surface area contributed by atoms with Crippen molar-refractivity contribution in [2.75, 3.05) is 13.1 Å². The molecule has 1 saturated heterocycles. The van der Waals surface area contributed by atoms with Crippen LogP contribution in [-0.2, 0) is 11.3 Å². The number of amides is 2. The molecule has 2 heterocycles. The Morgan fingerprint density at radius 1 is 1.14 bits per heavy atom. The van der Waals surface area contributed by atoms with Crippen LogP contribution in [-0.4, -0.2) is 56.8 Å². The zero-order valence-corrected chi connectivity index (χ0v) is 20.4. The molecule has 2 amide bonds. The molecule has 8 heteroatoms. The molecule has 1 aromatic heterocycles. The Hall–Kier alpha value is -3.70. The molecular weight excluding hydrogens is 442 g/mol. The minimum atomic E-state index is -0.729. The Bertz CT molecular complexity index is 1260. The van der Waals surface area contributed by atoms with Gasteiger partial charge in [0.2, 0.25) is 5.91 Å². The maximum atomic E-state index is 13.5. The van der Waals surface area contributed by atoms with Gasteiger partial charge in [0.1, 0.15) is 6.04 Å². The fourth-order valence-corrected chi connectivity index (χ4v) is 4.39. The number of piperidine rings is 1. The number of aliphatic hydroxyl groups excluding tert-OH is 1. The van der Waals surface area contributed by atoms with Crippen LogP contribution in [0.1, 0.15) is 55.2 Å². The number of hydrogen-bond acceptors (Lipinski definition) is 5. The fraction of sp³-hybridized carbons (Fsp3) is 0.407. The van der Waals surface area contributed by atoms with Crippen LogP contribution in [0.15, 0.2) is 48.5 Å². The van der Waals surface area contributed by atoms with Crippen molar-refractivity contribution in [3.05, 3.63) is 65.4 Å². The third-order valence-corrected chi connectivity index (χ3v) is 6.45. The van der Waals surface area contributed by atoms with Gasteiger partial charge in [-0.2, -0.15) is 10.4 Å².